The van der Waals surface area contributed by atoms with Gasteiger partial charge in [0.05, 0.1) is 16.6 Å². The smallest absolute Gasteiger partial charge is 0.296 e. The molecule has 3 aromatic rings. The van der Waals surface area contributed by atoms with Gasteiger partial charge in [-0.15, -0.1) is 0 Å². The molecule has 0 bridgehead atoms. The quantitative estimate of drug-likeness (QED) is 0.721. The summed E-state index contributed by atoms with van der Waals surface area (Å²) in [5, 5.41) is 10.5. The number of ketones is 1. The number of benzene rings is 2. The summed E-state index contributed by atoms with van der Waals surface area (Å²) in [5.41, 5.74) is 1.29. The minimum Gasteiger partial charge on any atom is -0.503 e. The number of H-pyrrole nitrogens is 1. The largest absolute Gasteiger partial charge is 0.503 e. The van der Waals surface area contributed by atoms with E-state index < -0.39 is 35.2 Å². The van der Waals surface area contributed by atoms with Gasteiger partial charge >= 0.3 is 0 Å². The van der Waals surface area contributed by atoms with Crippen LogP contribution < -0.4 is 4.90 Å². The van der Waals surface area contributed by atoms with E-state index in [-0.39, 0.29) is 17.1 Å². The number of hydrogen-bond acceptors (Lipinski definition) is 4. The first-order valence-corrected chi connectivity index (χ1v) is 8.90. The molecule has 0 radical (unpaired) electrons. The van der Waals surface area contributed by atoms with Crippen LogP contribution in [0.4, 0.5) is 10.3 Å². The normalized spacial score (nSPS) is 17.2. The molecule has 1 aliphatic rings. The van der Waals surface area contributed by atoms with Gasteiger partial charge in [-0.2, -0.15) is 0 Å². The molecule has 2 aromatic carbocycles. The van der Waals surface area contributed by atoms with Crippen LogP contribution in [0.1, 0.15) is 25.5 Å². The van der Waals surface area contributed by atoms with Gasteiger partial charge in [-0.3, -0.25) is 14.5 Å². The van der Waals surface area contributed by atoms with Crippen molar-refractivity contribution in [3.8, 4) is 0 Å². The van der Waals surface area contributed by atoms with E-state index in [1.54, 1.807) is 38.1 Å². The van der Waals surface area contributed by atoms with E-state index in [1.165, 1.54) is 18.2 Å². The van der Waals surface area contributed by atoms with Crippen LogP contribution in [0.3, 0.4) is 0 Å². The van der Waals surface area contributed by atoms with Crippen LogP contribution in [0.5, 0.6) is 0 Å². The second-order valence-corrected chi connectivity index (χ2v) is 6.96. The van der Waals surface area contributed by atoms with Gasteiger partial charge in [-0.05, 0) is 18.2 Å². The van der Waals surface area contributed by atoms with Crippen molar-refractivity contribution >= 4 is 28.7 Å². The molecule has 2 N–H and O–H groups in total. The third-order valence-electron chi connectivity index (χ3n) is 4.80. The predicted octanol–water partition coefficient (Wildman–Crippen LogP) is 3.83. The van der Waals surface area contributed by atoms with E-state index in [2.05, 4.69) is 9.97 Å². The van der Waals surface area contributed by atoms with Crippen molar-refractivity contribution in [2.24, 2.45) is 5.92 Å². The lowest BCUT2D eigenvalue weighted by Gasteiger charge is -2.25. The minimum absolute atomic E-state index is 0.115. The number of anilines is 1. The highest BCUT2D eigenvalue weighted by Gasteiger charge is 2.46. The maximum absolute atomic E-state index is 14.6. The number of Topliss-reactive ketones (excluding diaryl/α,β-unsaturated/α-hetero) is 1. The van der Waals surface area contributed by atoms with Crippen LogP contribution in [0.15, 0.2) is 59.9 Å². The molecular weight excluding hydrogens is 361 g/mol. The number of aromatic amines is 1. The highest BCUT2D eigenvalue weighted by atomic mass is 19.1. The summed E-state index contributed by atoms with van der Waals surface area (Å²) in [6.45, 7) is 3.32. The molecule has 0 aliphatic carbocycles. The van der Waals surface area contributed by atoms with Gasteiger partial charge in [0, 0.05) is 11.5 Å². The molecule has 0 spiro atoms. The Kier molecular flexibility index (Phi) is 4.22. The second-order valence-electron chi connectivity index (χ2n) is 6.96. The van der Waals surface area contributed by atoms with E-state index in [0.717, 1.165) is 4.90 Å². The van der Waals surface area contributed by atoms with E-state index in [9.17, 15) is 19.1 Å². The summed E-state index contributed by atoms with van der Waals surface area (Å²) in [5.74, 6) is -2.81. The fraction of sp³-hybridized carbons (Fsp3) is 0.190. The number of rotatable bonds is 4. The van der Waals surface area contributed by atoms with Gasteiger partial charge in [0.1, 0.15) is 11.9 Å². The van der Waals surface area contributed by atoms with Gasteiger partial charge in [0.15, 0.2) is 11.5 Å². The molecule has 1 unspecified atom stereocenters. The summed E-state index contributed by atoms with van der Waals surface area (Å²) < 4.78 is 14.6. The van der Waals surface area contributed by atoms with Crippen LogP contribution >= 0.6 is 0 Å². The zero-order valence-electron chi connectivity index (χ0n) is 15.3. The van der Waals surface area contributed by atoms with Crippen LogP contribution in [-0.2, 0) is 9.59 Å². The maximum Gasteiger partial charge on any atom is 0.296 e. The standard InChI is InChI=1S/C21H18FN3O3/c1-11(2)18(26)16-17(12-7-3-4-8-13(12)22)25(20(28)19(16)27)21-23-14-9-5-6-10-15(14)24-21/h3-11,17,27H,1-2H3,(H,23,24). The number of halogens is 1. The molecule has 0 fully saturated rings. The Morgan fingerprint density at radius 2 is 1.86 bits per heavy atom. The Labute approximate surface area is 160 Å². The lowest BCUT2D eigenvalue weighted by Crippen LogP contribution is -2.32. The Morgan fingerprint density at radius 1 is 1.18 bits per heavy atom. The van der Waals surface area contributed by atoms with Crippen molar-refractivity contribution < 1.29 is 19.1 Å². The van der Waals surface area contributed by atoms with Crippen molar-refractivity contribution in [1.29, 1.82) is 0 Å². The monoisotopic (exact) mass is 379 g/mol. The number of carbonyl (C=O) groups is 2. The molecular formula is C21H18FN3O3. The fourth-order valence-electron chi connectivity index (χ4n) is 3.43. The van der Waals surface area contributed by atoms with E-state index in [0.29, 0.717) is 11.0 Å². The van der Waals surface area contributed by atoms with Crippen molar-refractivity contribution in [2.75, 3.05) is 4.90 Å². The molecule has 0 saturated heterocycles. The average Bonchev–Trinajstić information content (AvgIpc) is 3.20. The first-order valence-electron chi connectivity index (χ1n) is 8.90. The third-order valence-corrected chi connectivity index (χ3v) is 4.80. The number of nitrogens with zero attached hydrogens (tertiary/aromatic N) is 2. The first kappa shape index (κ1) is 17.9. The van der Waals surface area contributed by atoms with Crippen molar-refractivity contribution in [3.63, 3.8) is 0 Å². The molecule has 2 heterocycles. The second kappa shape index (κ2) is 6.60. The minimum atomic E-state index is -1.11. The number of amides is 1. The van der Waals surface area contributed by atoms with Crippen molar-refractivity contribution in [3.05, 3.63) is 71.2 Å². The Hall–Kier alpha value is -3.48. The predicted molar refractivity (Wildman–Crippen MR) is 102 cm³/mol. The topological polar surface area (TPSA) is 86.3 Å². The fourth-order valence-corrected chi connectivity index (χ4v) is 3.43. The molecule has 1 aromatic heterocycles. The number of para-hydroxylation sites is 2. The molecule has 142 valence electrons. The molecule has 1 aliphatic heterocycles. The van der Waals surface area contributed by atoms with E-state index >= 15 is 0 Å². The molecule has 0 saturated carbocycles. The number of hydrogen-bond donors (Lipinski definition) is 2. The van der Waals surface area contributed by atoms with Crippen LogP contribution in [0.25, 0.3) is 11.0 Å². The Balaban J connectivity index is 1.93. The maximum atomic E-state index is 14.6. The summed E-state index contributed by atoms with van der Waals surface area (Å²) in [6, 6.07) is 12.0. The highest BCUT2D eigenvalue weighted by Crippen LogP contribution is 2.42. The number of fused-ring (bicyclic) bond motifs is 1. The number of aliphatic hydroxyl groups is 1. The van der Waals surface area contributed by atoms with Crippen LogP contribution in [-0.4, -0.2) is 26.8 Å². The van der Waals surface area contributed by atoms with Crippen LogP contribution in [0, 0.1) is 11.7 Å². The molecule has 1 atom stereocenters. The number of imidazole rings is 1. The lowest BCUT2D eigenvalue weighted by molar-refractivity contribution is -0.119. The summed E-state index contributed by atoms with van der Waals surface area (Å²) >= 11 is 0. The average molecular weight is 379 g/mol. The van der Waals surface area contributed by atoms with Crippen molar-refractivity contribution in [2.45, 2.75) is 19.9 Å². The summed E-state index contributed by atoms with van der Waals surface area (Å²) in [4.78, 5) is 34.3. The molecule has 4 rings (SSSR count). The zero-order valence-corrected chi connectivity index (χ0v) is 15.3. The van der Waals surface area contributed by atoms with E-state index in [4.69, 9.17) is 0 Å². The Morgan fingerprint density at radius 3 is 2.54 bits per heavy atom. The van der Waals surface area contributed by atoms with Gasteiger partial charge in [-0.25, -0.2) is 9.37 Å². The first-order chi connectivity index (χ1) is 13.4. The number of aromatic nitrogens is 2. The zero-order chi connectivity index (χ0) is 20.0. The summed E-state index contributed by atoms with van der Waals surface area (Å²) in [7, 11) is 0. The van der Waals surface area contributed by atoms with Gasteiger partial charge < -0.3 is 10.1 Å². The van der Waals surface area contributed by atoms with Crippen molar-refractivity contribution in [1.82, 2.24) is 9.97 Å². The molecule has 1 amide bonds. The highest BCUT2D eigenvalue weighted by molar-refractivity contribution is 6.16. The molecule has 6 nitrogen and oxygen atoms in total. The number of carbonyl (C=O) groups excluding carboxylic acids is 2. The number of nitrogens with one attached hydrogen (secondary N) is 1. The van der Waals surface area contributed by atoms with E-state index in [1.807, 2.05) is 6.07 Å². The van der Waals surface area contributed by atoms with Gasteiger partial charge in [0.25, 0.3) is 5.91 Å². The van der Waals surface area contributed by atoms with Gasteiger partial charge in [0.2, 0.25) is 5.95 Å². The van der Waals surface area contributed by atoms with Gasteiger partial charge in [-0.1, -0.05) is 44.2 Å². The Bertz CT molecular complexity index is 1100. The van der Waals surface area contributed by atoms with Crippen LogP contribution in [0.2, 0.25) is 0 Å². The lowest BCUT2D eigenvalue weighted by atomic mass is 9.91. The SMILES string of the molecule is CC(C)C(=O)C1=C(O)C(=O)N(c2nc3ccccc3[nH]2)C1c1ccccc1F. The third kappa shape index (κ3) is 2.67. The number of aliphatic hydroxyl groups excluding tert-OH is 1. The molecule has 7 heteroatoms. The summed E-state index contributed by atoms with van der Waals surface area (Å²) in [6.07, 6.45) is 0. The molecule has 28 heavy (non-hydrogen) atoms.